The van der Waals surface area contributed by atoms with E-state index in [-0.39, 0.29) is 23.3 Å². The van der Waals surface area contributed by atoms with Crippen molar-refractivity contribution < 1.29 is 26.6 Å². The van der Waals surface area contributed by atoms with Crippen LogP contribution < -0.4 is 26.6 Å². The van der Waals surface area contributed by atoms with Gasteiger partial charge in [-0.15, -0.1) is 0 Å². The SMILES string of the molecule is COc1ccc([S+](c2ccc(OC)cc2)c2ccc(OC)cc2)cc1.[Cl-]. The molecule has 3 aromatic carbocycles. The molecule has 0 fully saturated rings. The first kappa shape index (κ1) is 20.0. The Bertz CT molecular complexity index is 689. The second kappa shape index (κ2) is 9.41. The summed E-state index contributed by atoms with van der Waals surface area (Å²) in [5.74, 6) is 2.57. The second-order valence-electron chi connectivity index (χ2n) is 5.33. The second-order valence-corrected chi connectivity index (χ2v) is 7.36. The van der Waals surface area contributed by atoms with Crippen LogP contribution in [0.2, 0.25) is 0 Å². The van der Waals surface area contributed by atoms with Crippen molar-refractivity contribution in [2.45, 2.75) is 14.7 Å². The topological polar surface area (TPSA) is 27.7 Å². The maximum Gasteiger partial charge on any atom is 0.166 e. The van der Waals surface area contributed by atoms with Gasteiger partial charge in [0.1, 0.15) is 17.2 Å². The van der Waals surface area contributed by atoms with Crippen molar-refractivity contribution in [1.82, 2.24) is 0 Å². The van der Waals surface area contributed by atoms with E-state index < -0.39 is 0 Å². The van der Waals surface area contributed by atoms with Crippen LogP contribution in [0.15, 0.2) is 87.5 Å². The molecule has 0 N–H and O–H groups in total. The van der Waals surface area contributed by atoms with E-state index in [0.717, 1.165) is 17.2 Å². The van der Waals surface area contributed by atoms with Gasteiger partial charge in [0.25, 0.3) is 0 Å². The van der Waals surface area contributed by atoms with Crippen LogP contribution in [-0.2, 0) is 10.9 Å². The predicted molar refractivity (Wildman–Crippen MR) is 101 cm³/mol. The van der Waals surface area contributed by atoms with Gasteiger partial charge in [0.05, 0.1) is 32.2 Å². The molecular formula is C21H21ClO3S. The molecule has 0 atom stereocenters. The normalized spacial score (nSPS) is 10.2. The average Bonchev–Trinajstić information content (AvgIpc) is 2.70. The highest BCUT2D eigenvalue weighted by atomic mass is 35.5. The van der Waals surface area contributed by atoms with Gasteiger partial charge in [-0.05, 0) is 72.8 Å². The minimum Gasteiger partial charge on any atom is -1.00 e. The van der Waals surface area contributed by atoms with Crippen LogP contribution in [0.5, 0.6) is 17.2 Å². The summed E-state index contributed by atoms with van der Waals surface area (Å²) in [4.78, 5) is 3.70. The van der Waals surface area contributed by atoms with Crippen molar-refractivity contribution in [2.24, 2.45) is 0 Å². The molecule has 0 spiro atoms. The van der Waals surface area contributed by atoms with Gasteiger partial charge in [-0.1, -0.05) is 0 Å². The van der Waals surface area contributed by atoms with Crippen LogP contribution in [0.3, 0.4) is 0 Å². The molecule has 5 heteroatoms. The molecule has 3 nitrogen and oxygen atoms in total. The third-order valence-electron chi connectivity index (χ3n) is 3.89. The first-order valence-electron chi connectivity index (χ1n) is 7.91. The molecule has 0 bridgehead atoms. The molecule has 0 heterocycles. The largest absolute Gasteiger partial charge is 1.00 e. The van der Waals surface area contributed by atoms with E-state index in [1.165, 1.54) is 14.7 Å². The third-order valence-corrected chi connectivity index (χ3v) is 6.12. The number of methoxy groups -OCH3 is 3. The quantitative estimate of drug-likeness (QED) is 0.603. The van der Waals surface area contributed by atoms with Crippen LogP contribution in [0.25, 0.3) is 0 Å². The predicted octanol–water partition coefficient (Wildman–Crippen LogP) is 1.81. The highest BCUT2D eigenvalue weighted by Crippen LogP contribution is 2.33. The van der Waals surface area contributed by atoms with Crippen molar-refractivity contribution in [3.63, 3.8) is 0 Å². The number of benzene rings is 3. The summed E-state index contributed by atoms with van der Waals surface area (Å²) in [6, 6.07) is 24.7. The van der Waals surface area contributed by atoms with E-state index in [0.29, 0.717) is 0 Å². The van der Waals surface area contributed by atoms with Crippen molar-refractivity contribution in [3.05, 3.63) is 72.8 Å². The number of ether oxygens (including phenoxy) is 3. The Morgan fingerprint density at radius 3 is 0.885 bits per heavy atom. The standard InChI is InChI=1S/C21H21O3S.ClH/c1-22-16-4-10-19(11-5-16)25(20-12-6-17(23-2)7-13-20)21-14-8-18(24-3)9-15-21;/h4-15H,1-3H3;1H/q+1;/p-1. The van der Waals surface area contributed by atoms with Gasteiger partial charge >= 0.3 is 0 Å². The van der Waals surface area contributed by atoms with Gasteiger partial charge in [-0.3, -0.25) is 0 Å². The molecule has 0 saturated carbocycles. The molecule has 0 aromatic heterocycles. The zero-order valence-corrected chi connectivity index (χ0v) is 16.5. The van der Waals surface area contributed by atoms with Gasteiger partial charge in [-0.2, -0.15) is 0 Å². The molecule has 0 amide bonds. The lowest BCUT2D eigenvalue weighted by Crippen LogP contribution is -3.00. The monoisotopic (exact) mass is 388 g/mol. The fourth-order valence-corrected chi connectivity index (χ4v) is 4.58. The molecule has 0 unspecified atom stereocenters. The smallest absolute Gasteiger partial charge is 0.166 e. The highest BCUT2D eigenvalue weighted by Gasteiger charge is 2.28. The maximum atomic E-state index is 5.29. The van der Waals surface area contributed by atoms with Crippen LogP contribution in [0, 0.1) is 0 Å². The summed E-state index contributed by atoms with van der Waals surface area (Å²) in [6.07, 6.45) is 0. The molecule has 3 aromatic rings. The molecule has 3 rings (SSSR count). The van der Waals surface area contributed by atoms with Gasteiger partial charge < -0.3 is 26.6 Å². The van der Waals surface area contributed by atoms with Gasteiger partial charge in [-0.25, -0.2) is 0 Å². The molecule has 0 aliphatic carbocycles. The van der Waals surface area contributed by atoms with Crippen molar-refractivity contribution in [1.29, 1.82) is 0 Å². The molecule has 136 valence electrons. The lowest BCUT2D eigenvalue weighted by Gasteiger charge is -2.10. The van der Waals surface area contributed by atoms with E-state index >= 15 is 0 Å². The summed E-state index contributed by atoms with van der Waals surface area (Å²) in [6.45, 7) is 0. The number of rotatable bonds is 6. The van der Waals surface area contributed by atoms with E-state index in [1.54, 1.807) is 21.3 Å². The molecule has 0 saturated heterocycles. The molecule has 0 aliphatic heterocycles. The van der Waals surface area contributed by atoms with Crippen LogP contribution in [0.4, 0.5) is 0 Å². The fourth-order valence-electron chi connectivity index (χ4n) is 2.54. The minimum absolute atomic E-state index is 0. The summed E-state index contributed by atoms with van der Waals surface area (Å²) < 4.78 is 15.9. The highest BCUT2D eigenvalue weighted by molar-refractivity contribution is 7.97. The van der Waals surface area contributed by atoms with E-state index in [4.69, 9.17) is 14.2 Å². The van der Waals surface area contributed by atoms with Gasteiger partial charge in [0.15, 0.2) is 14.7 Å². The Morgan fingerprint density at radius 1 is 0.462 bits per heavy atom. The molecule has 26 heavy (non-hydrogen) atoms. The van der Waals surface area contributed by atoms with Crippen molar-refractivity contribution >= 4 is 10.9 Å². The Labute approximate surface area is 163 Å². The first-order valence-corrected chi connectivity index (χ1v) is 9.14. The summed E-state index contributed by atoms with van der Waals surface area (Å²) in [5, 5.41) is 0. The van der Waals surface area contributed by atoms with E-state index in [1.807, 2.05) is 36.4 Å². The van der Waals surface area contributed by atoms with Crippen molar-refractivity contribution in [3.8, 4) is 17.2 Å². The minimum atomic E-state index is -0.212. The molecule has 0 radical (unpaired) electrons. The number of halogens is 1. The Kier molecular flexibility index (Phi) is 7.25. The van der Waals surface area contributed by atoms with Crippen LogP contribution in [-0.4, -0.2) is 21.3 Å². The summed E-state index contributed by atoms with van der Waals surface area (Å²) in [7, 11) is 4.83. The Morgan fingerprint density at radius 2 is 0.692 bits per heavy atom. The van der Waals surface area contributed by atoms with Crippen LogP contribution in [0.1, 0.15) is 0 Å². The third kappa shape index (κ3) is 4.45. The Hall–Kier alpha value is -2.30. The zero-order valence-electron chi connectivity index (χ0n) is 14.9. The van der Waals surface area contributed by atoms with Crippen LogP contribution >= 0.6 is 0 Å². The summed E-state index contributed by atoms with van der Waals surface area (Å²) in [5.41, 5.74) is 0. The lowest BCUT2D eigenvalue weighted by molar-refractivity contribution is -0.00000597. The van der Waals surface area contributed by atoms with Gasteiger partial charge in [0, 0.05) is 0 Å². The lowest BCUT2D eigenvalue weighted by atomic mass is 10.3. The number of hydrogen-bond acceptors (Lipinski definition) is 3. The Balaban J connectivity index is 0.00000243. The maximum absolute atomic E-state index is 5.29. The first-order chi connectivity index (χ1) is 12.2. The van der Waals surface area contributed by atoms with Gasteiger partial charge in [0.2, 0.25) is 0 Å². The molecule has 0 aliphatic rings. The average molecular weight is 389 g/mol. The zero-order chi connectivity index (χ0) is 17.6. The number of hydrogen-bond donors (Lipinski definition) is 0. The van der Waals surface area contributed by atoms with Crippen molar-refractivity contribution in [2.75, 3.05) is 21.3 Å². The molecular weight excluding hydrogens is 368 g/mol. The van der Waals surface area contributed by atoms with E-state index in [2.05, 4.69) is 36.4 Å². The fraction of sp³-hybridized carbons (Fsp3) is 0.143. The van der Waals surface area contributed by atoms with E-state index in [9.17, 15) is 0 Å². The summed E-state index contributed by atoms with van der Waals surface area (Å²) >= 11 is 0.